The van der Waals surface area contributed by atoms with E-state index in [1.54, 1.807) is 4.90 Å². The average molecular weight is 556 g/mol. The van der Waals surface area contributed by atoms with Crippen molar-refractivity contribution in [3.8, 4) is 0 Å². The predicted octanol–water partition coefficient (Wildman–Crippen LogP) is 1.47. The summed E-state index contributed by atoms with van der Waals surface area (Å²) in [4.78, 5) is 66.6. The third-order valence-corrected chi connectivity index (χ3v) is 8.92. The number of rotatable bonds is 10. The maximum atomic E-state index is 14.0. The topological polar surface area (TPSA) is 128 Å². The van der Waals surface area contributed by atoms with Gasteiger partial charge in [0, 0.05) is 19.0 Å². The standard InChI is InChI=1S/C26H39ClFN5O5/c1-3-14(4-2)19(30-23(35)15-8-9-15)25(37)32-12-16-6-5-7-18(16)20(32)24(36)31-33(26(38)21(27)28)13-17-10-11-29-22(17)34/h14-21H,3-13H2,1-2H3,(H,29,34)(H,30,35)(H,31,36)/t16-,17-,18-,19?,20-,21?/m0/s1. The molecule has 4 rings (SSSR count). The minimum atomic E-state index is -2.39. The molecule has 2 saturated heterocycles. The number of fused-ring (bicyclic) bond motifs is 1. The lowest BCUT2D eigenvalue weighted by Crippen LogP contribution is -2.60. The van der Waals surface area contributed by atoms with Crippen molar-refractivity contribution in [3.05, 3.63) is 0 Å². The van der Waals surface area contributed by atoms with Crippen LogP contribution in [0.2, 0.25) is 0 Å². The van der Waals surface area contributed by atoms with Crippen LogP contribution < -0.4 is 16.1 Å². The lowest BCUT2D eigenvalue weighted by molar-refractivity contribution is -0.150. The minimum Gasteiger partial charge on any atom is -0.356 e. The highest BCUT2D eigenvalue weighted by atomic mass is 35.5. The fraction of sp³-hybridized carbons (Fsp3) is 0.808. The van der Waals surface area contributed by atoms with E-state index < -0.39 is 35.4 Å². The number of alkyl halides is 2. The van der Waals surface area contributed by atoms with Crippen LogP contribution in [-0.4, -0.2) is 76.8 Å². The molecular weight excluding hydrogens is 517 g/mol. The molecule has 12 heteroatoms. The number of nitrogens with zero attached hydrogens (tertiary/aromatic N) is 2. The van der Waals surface area contributed by atoms with E-state index in [2.05, 4.69) is 16.1 Å². The van der Waals surface area contributed by atoms with Gasteiger partial charge in [0.15, 0.2) is 0 Å². The van der Waals surface area contributed by atoms with Gasteiger partial charge in [0.1, 0.15) is 12.1 Å². The third kappa shape index (κ3) is 6.07. The summed E-state index contributed by atoms with van der Waals surface area (Å²) < 4.78 is 13.8. The second-order valence-electron chi connectivity index (χ2n) is 11.1. The summed E-state index contributed by atoms with van der Waals surface area (Å²) in [6, 6.07) is -1.61. The number of hydrogen-bond donors (Lipinski definition) is 3. The van der Waals surface area contributed by atoms with E-state index in [9.17, 15) is 28.4 Å². The van der Waals surface area contributed by atoms with Gasteiger partial charge in [0.2, 0.25) is 17.7 Å². The molecule has 0 aromatic heterocycles. The molecular formula is C26H39ClFN5O5. The molecule has 2 unspecified atom stereocenters. The van der Waals surface area contributed by atoms with Gasteiger partial charge in [-0.2, -0.15) is 0 Å². The highest BCUT2D eigenvalue weighted by molar-refractivity contribution is 6.29. The van der Waals surface area contributed by atoms with Gasteiger partial charge in [-0.15, -0.1) is 0 Å². The Kier molecular flexibility index (Phi) is 9.15. The summed E-state index contributed by atoms with van der Waals surface area (Å²) in [5.74, 6) is -3.20. The quantitative estimate of drug-likeness (QED) is 0.278. The zero-order valence-corrected chi connectivity index (χ0v) is 22.8. The molecule has 212 valence electrons. The summed E-state index contributed by atoms with van der Waals surface area (Å²) >= 11 is 5.43. The number of amides is 5. The van der Waals surface area contributed by atoms with E-state index in [1.807, 2.05) is 13.8 Å². The van der Waals surface area contributed by atoms with Crippen LogP contribution in [0.3, 0.4) is 0 Å². The molecule has 2 aliphatic carbocycles. The minimum absolute atomic E-state index is 0.0618. The molecule has 5 amide bonds. The maximum absolute atomic E-state index is 14.0. The van der Waals surface area contributed by atoms with Gasteiger partial charge >= 0.3 is 0 Å². The number of halogens is 2. The first-order valence-electron chi connectivity index (χ1n) is 13.9. The highest BCUT2D eigenvalue weighted by Crippen LogP contribution is 2.43. The van der Waals surface area contributed by atoms with Crippen LogP contribution >= 0.6 is 11.6 Å². The summed E-state index contributed by atoms with van der Waals surface area (Å²) in [6.45, 7) is 4.55. The Hall–Kier alpha value is -2.43. The Morgan fingerprint density at radius 1 is 1.11 bits per heavy atom. The Balaban J connectivity index is 1.56. The van der Waals surface area contributed by atoms with Gasteiger partial charge in [-0.1, -0.05) is 44.7 Å². The average Bonchev–Trinajstić information content (AvgIpc) is 3.36. The molecule has 0 spiro atoms. The van der Waals surface area contributed by atoms with Crippen LogP contribution in [0.1, 0.15) is 65.2 Å². The molecule has 0 bridgehead atoms. The molecule has 4 fully saturated rings. The molecule has 38 heavy (non-hydrogen) atoms. The smallest absolute Gasteiger partial charge is 0.291 e. The van der Waals surface area contributed by atoms with Gasteiger partial charge in [0.25, 0.3) is 17.4 Å². The fourth-order valence-electron chi connectivity index (χ4n) is 6.35. The molecule has 2 aliphatic heterocycles. The van der Waals surface area contributed by atoms with E-state index in [0.29, 0.717) is 32.4 Å². The summed E-state index contributed by atoms with van der Waals surface area (Å²) in [6.07, 6.45) is 5.99. The van der Waals surface area contributed by atoms with Crippen LogP contribution in [0.15, 0.2) is 0 Å². The van der Waals surface area contributed by atoms with Crippen molar-refractivity contribution < 1.29 is 28.4 Å². The second kappa shape index (κ2) is 12.2. The SMILES string of the molecule is CCC(CC)C(NC(=O)C1CC1)C(=O)N1C[C@@H]2CCC[C@@H]2[C@H]1C(=O)NN(C[C@@H]1CCNC1=O)C(=O)C(F)Cl. The third-order valence-electron chi connectivity index (χ3n) is 8.74. The molecule has 3 N–H and O–H groups in total. The zero-order chi connectivity index (χ0) is 27.6. The normalized spacial score (nSPS) is 28.0. The van der Waals surface area contributed by atoms with Gasteiger partial charge < -0.3 is 15.5 Å². The summed E-state index contributed by atoms with van der Waals surface area (Å²) in [7, 11) is 0. The first kappa shape index (κ1) is 28.6. The number of nitrogens with one attached hydrogen (secondary N) is 3. The number of carbonyl (C=O) groups is 5. The van der Waals surface area contributed by atoms with Crippen LogP contribution in [-0.2, 0) is 24.0 Å². The van der Waals surface area contributed by atoms with Gasteiger partial charge in [-0.25, -0.2) is 9.40 Å². The molecule has 10 nitrogen and oxygen atoms in total. The van der Waals surface area contributed by atoms with E-state index in [1.165, 1.54) is 0 Å². The first-order chi connectivity index (χ1) is 18.2. The van der Waals surface area contributed by atoms with Crippen LogP contribution in [0.25, 0.3) is 0 Å². The Labute approximate surface area is 227 Å². The van der Waals surface area contributed by atoms with Crippen LogP contribution in [0.5, 0.6) is 0 Å². The lowest BCUT2D eigenvalue weighted by Gasteiger charge is -2.35. The number of hydrazine groups is 1. The fourth-order valence-corrected chi connectivity index (χ4v) is 6.47. The van der Waals surface area contributed by atoms with Crippen molar-refractivity contribution in [1.82, 2.24) is 26.0 Å². The molecule has 4 aliphatic rings. The Bertz CT molecular complexity index is 943. The van der Waals surface area contributed by atoms with Crippen molar-refractivity contribution in [2.45, 2.75) is 82.9 Å². The predicted molar refractivity (Wildman–Crippen MR) is 137 cm³/mol. The van der Waals surface area contributed by atoms with E-state index in [-0.39, 0.29) is 47.9 Å². The van der Waals surface area contributed by atoms with Crippen LogP contribution in [0.4, 0.5) is 4.39 Å². The largest absolute Gasteiger partial charge is 0.356 e. The highest BCUT2D eigenvalue weighted by Gasteiger charge is 2.52. The first-order valence-corrected chi connectivity index (χ1v) is 14.4. The van der Waals surface area contributed by atoms with Crippen molar-refractivity contribution in [2.24, 2.45) is 29.6 Å². The lowest BCUT2D eigenvalue weighted by atomic mass is 9.91. The maximum Gasteiger partial charge on any atom is 0.291 e. The van der Waals surface area contributed by atoms with E-state index in [0.717, 1.165) is 37.1 Å². The van der Waals surface area contributed by atoms with Gasteiger partial charge in [-0.3, -0.25) is 29.4 Å². The van der Waals surface area contributed by atoms with Crippen molar-refractivity contribution in [3.63, 3.8) is 0 Å². The van der Waals surface area contributed by atoms with Crippen molar-refractivity contribution >= 4 is 41.1 Å². The molecule has 6 atom stereocenters. The summed E-state index contributed by atoms with van der Waals surface area (Å²) in [5, 5.41) is 6.42. The van der Waals surface area contributed by atoms with E-state index >= 15 is 0 Å². The molecule has 0 aromatic rings. The zero-order valence-electron chi connectivity index (χ0n) is 22.1. The molecule has 0 radical (unpaired) electrons. The molecule has 2 saturated carbocycles. The second-order valence-corrected chi connectivity index (χ2v) is 11.5. The van der Waals surface area contributed by atoms with Gasteiger partial charge in [0.05, 0.1) is 12.5 Å². The summed E-state index contributed by atoms with van der Waals surface area (Å²) in [5.41, 5.74) is 0.118. The Morgan fingerprint density at radius 3 is 2.39 bits per heavy atom. The van der Waals surface area contributed by atoms with Gasteiger partial charge in [-0.05, 0) is 49.9 Å². The van der Waals surface area contributed by atoms with Crippen LogP contribution in [0, 0.1) is 29.6 Å². The Morgan fingerprint density at radius 2 is 1.82 bits per heavy atom. The number of carbonyl (C=O) groups excluding carboxylic acids is 5. The van der Waals surface area contributed by atoms with Crippen molar-refractivity contribution in [1.29, 1.82) is 0 Å². The monoisotopic (exact) mass is 555 g/mol. The number of hydrogen-bond acceptors (Lipinski definition) is 5. The number of likely N-dealkylation sites (tertiary alicyclic amines) is 1. The van der Waals surface area contributed by atoms with Crippen molar-refractivity contribution in [2.75, 3.05) is 19.6 Å². The van der Waals surface area contributed by atoms with E-state index in [4.69, 9.17) is 11.6 Å². The molecule has 2 heterocycles. The molecule has 0 aromatic carbocycles.